The fourth-order valence-corrected chi connectivity index (χ4v) is 6.70. The molecule has 2 bridgehead atoms. The maximum Gasteiger partial charge on any atom is 0.409 e. The van der Waals surface area contributed by atoms with Crippen LogP contribution < -0.4 is 4.74 Å². The molecular weight excluding hydrogens is 538 g/mol. The van der Waals surface area contributed by atoms with Crippen molar-refractivity contribution >= 4 is 33.7 Å². The summed E-state index contributed by atoms with van der Waals surface area (Å²) in [5.41, 5.74) is -2.03. The highest BCUT2D eigenvalue weighted by molar-refractivity contribution is 7.89. The number of rotatable bonds is 8. The molecule has 0 aromatic heterocycles. The molecule has 0 saturated carbocycles. The molecule has 200 valence electrons. The number of hydrogen-bond donors (Lipinski definition) is 1. The molecule has 2 aromatic carbocycles. The summed E-state index contributed by atoms with van der Waals surface area (Å²) in [6.45, 7) is -0.584. The molecule has 0 radical (unpaired) electrons. The van der Waals surface area contributed by atoms with Gasteiger partial charge in [0, 0.05) is 24.7 Å². The first-order valence-corrected chi connectivity index (χ1v) is 12.9. The van der Waals surface area contributed by atoms with Crippen molar-refractivity contribution in [3.05, 3.63) is 53.1 Å². The Kier molecular flexibility index (Phi) is 7.60. The Bertz CT molecular complexity index is 1290. The third-order valence-electron chi connectivity index (χ3n) is 6.26. The lowest BCUT2D eigenvalue weighted by Crippen LogP contribution is -2.67. The average molecular weight is 561 g/mol. The lowest BCUT2D eigenvalue weighted by molar-refractivity contribution is -0.150. The van der Waals surface area contributed by atoms with Gasteiger partial charge in [-0.3, -0.25) is 4.79 Å². The van der Waals surface area contributed by atoms with Crippen LogP contribution in [0, 0.1) is 11.6 Å². The number of aliphatic carboxylic acids is 1. The Balaban J connectivity index is 1.64. The van der Waals surface area contributed by atoms with Gasteiger partial charge in [-0.05, 0) is 49.2 Å². The Hall–Kier alpha value is -3.00. The molecule has 2 aliphatic heterocycles. The van der Waals surface area contributed by atoms with Crippen LogP contribution in [0.5, 0.6) is 11.5 Å². The van der Waals surface area contributed by atoms with Gasteiger partial charge in [-0.2, -0.15) is 4.31 Å². The number of likely N-dealkylation sites (tertiary alicyclic amines) is 1. The highest BCUT2D eigenvalue weighted by Crippen LogP contribution is 2.44. The van der Waals surface area contributed by atoms with Crippen molar-refractivity contribution < 1.29 is 46.1 Å². The van der Waals surface area contributed by atoms with Crippen molar-refractivity contribution in [2.24, 2.45) is 0 Å². The van der Waals surface area contributed by atoms with Crippen molar-refractivity contribution in [1.29, 1.82) is 0 Å². The molecule has 2 heterocycles. The third-order valence-corrected chi connectivity index (χ3v) is 8.51. The lowest BCUT2D eigenvalue weighted by atomic mass is 9.97. The molecule has 2 atom stereocenters. The maximum absolute atomic E-state index is 14.9. The van der Waals surface area contributed by atoms with Gasteiger partial charge in [-0.1, -0.05) is 11.6 Å². The molecule has 14 heteroatoms. The first-order valence-electron chi connectivity index (χ1n) is 11.1. The van der Waals surface area contributed by atoms with Gasteiger partial charge < -0.3 is 24.2 Å². The predicted octanol–water partition coefficient (Wildman–Crippen LogP) is 3.49. The van der Waals surface area contributed by atoms with Crippen LogP contribution in [0.4, 0.5) is 13.6 Å². The summed E-state index contributed by atoms with van der Waals surface area (Å²) in [6, 6.07) is 5.84. The number of carbonyl (C=O) groups is 2. The second-order valence-electron chi connectivity index (χ2n) is 8.59. The summed E-state index contributed by atoms with van der Waals surface area (Å²) in [6.07, 6.45) is -0.792. The van der Waals surface area contributed by atoms with Gasteiger partial charge >= 0.3 is 12.1 Å². The molecule has 2 aliphatic rings. The van der Waals surface area contributed by atoms with Gasteiger partial charge in [0.2, 0.25) is 10.0 Å². The molecule has 2 fully saturated rings. The Morgan fingerprint density at radius 3 is 2.41 bits per heavy atom. The van der Waals surface area contributed by atoms with Gasteiger partial charge in [0.1, 0.15) is 12.4 Å². The van der Waals surface area contributed by atoms with Crippen molar-refractivity contribution in [3.8, 4) is 11.5 Å². The summed E-state index contributed by atoms with van der Waals surface area (Å²) in [5, 5.41) is 10.4. The zero-order valence-corrected chi connectivity index (χ0v) is 21.1. The van der Waals surface area contributed by atoms with E-state index in [1.54, 1.807) is 0 Å². The van der Waals surface area contributed by atoms with E-state index in [1.165, 1.54) is 31.4 Å². The Morgan fingerprint density at radius 2 is 1.81 bits per heavy atom. The molecule has 1 N–H and O–H groups in total. The number of carboxylic acids is 1. The summed E-state index contributed by atoms with van der Waals surface area (Å²) in [4.78, 5) is 25.2. The minimum atomic E-state index is -4.71. The molecule has 2 saturated heterocycles. The van der Waals surface area contributed by atoms with E-state index < -0.39 is 62.5 Å². The third kappa shape index (κ3) is 5.08. The number of hydrogen-bond acceptors (Lipinski definition) is 7. The molecule has 37 heavy (non-hydrogen) atoms. The van der Waals surface area contributed by atoms with Crippen LogP contribution in [0.25, 0.3) is 0 Å². The second-order valence-corrected chi connectivity index (χ2v) is 10.8. The molecule has 2 unspecified atom stereocenters. The van der Waals surface area contributed by atoms with Gasteiger partial charge in [0.25, 0.3) is 0 Å². The summed E-state index contributed by atoms with van der Waals surface area (Å²) < 4.78 is 72.8. The van der Waals surface area contributed by atoms with Crippen LogP contribution in [0.2, 0.25) is 5.02 Å². The van der Waals surface area contributed by atoms with E-state index in [9.17, 15) is 31.9 Å². The molecule has 2 aromatic rings. The zero-order chi connectivity index (χ0) is 27.0. The molecular formula is C23H23ClF2N2O8S. The molecule has 0 spiro atoms. The lowest BCUT2D eigenvalue weighted by Gasteiger charge is -2.44. The van der Waals surface area contributed by atoms with Crippen molar-refractivity contribution in [3.63, 3.8) is 0 Å². The number of fused-ring (bicyclic) bond motifs is 2. The highest BCUT2D eigenvalue weighted by atomic mass is 35.5. The first-order chi connectivity index (χ1) is 17.5. The van der Waals surface area contributed by atoms with Gasteiger partial charge in [-0.25, -0.2) is 22.0 Å². The first kappa shape index (κ1) is 27.0. The van der Waals surface area contributed by atoms with E-state index >= 15 is 0 Å². The number of piperazine rings is 1. The van der Waals surface area contributed by atoms with E-state index in [2.05, 4.69) is 0 Å². The number of ether oxygens (including phenoxy) is 3. The van der Waals surface area contributed by atoms with Crippen molar-refractivity contribution in [2.45, 2.75) is 29.3 Å². The molecule has 1 amide bonds. The number of benzene rings is 2. The largest absolute Gasteiger partial charge is 0.480 e. The normalized spacial score (nSPS) is 21.6. The van der Waals surface area contributed by atoms with Crippen molar-refractivity contribution in [1.82, 2.24) is 9.21 Å². The standard InChI is InChI=1S/C23H23ClF2N2O8S/c1-34-8-9-35-22(31)27-12-15-6-7-23(13-27,21(29)30)28(15)37(32,33)17-10-18(25)20(19(26)11-17)36-16-4-2-14(24)3-5-16/h2-5,10-11,15H,6-9,12-13H2,1H3,(H,29,30). The van der Waals surface area contributed by atoms with Crippen LogP contribution in [0.15, 0.2) is 41.3 Å². The van der Waals surface area contributed by atoms with Crippen LogP contribution in [-0.2, 0) is 24.3 Å². The number of halogens is 3. The number of amides is 1. The Labute approximate surface area is 216 Å². The van der Waals surface area contributed by atoms with E-state index in [-0.39, 0.29) is 38.3 Å². The fraction of sp³-hybridized carbons (Fsp3) is 0.391. The maximum atomic E-state index is 14.9. The zero-order valence-electron chi connectivity index (χ0n) is 19.5. The smallest absolute Gasteiger partial charge is 0.409 e. The van der Waals surface area contributed by atoms with Crippen molar-refractivity contribution in [2.75, 3.05) is 33.4 Å². The van der Waals surface area contributed by atoms with E-state index in [1.807, 2.05) is 0 Å². The van der Waals surface area contributed by atoms with Crippen LogP contribution in [0.1, 0.15) is 12.8 Å². The quantitative estimate of drug-likeness (QED) is 0.487. The van der Waals surface area contributed by atoms with Crippen LogP contribution in [0.3, 0.4) is 0 Å². The van der Waals surface area contributed by atoms with E-state index in [4.69, 9.17) is 25.8 Å². The second kappa shape index (κ2) is 10.4. The average Bonchev–Trinajstić information content (AvgIpc) is 3.11. The minimum absolute atomic E-state index is 0.0641. The molecule has 0 aliphatic carbocycles. The van der Waals surface area contributed by atoms with Gasteiger partial charge in [-0.15, -0.1) is 0 Å². The minimum Gasteiger partial charge on any atom is -0.480 e. The SMILES string of the molecule is COCCOC(=O)N1CC2CCC(C(=O)O)(C1)N2S(=O)(=O)c1cc(F)c(Oc2ccc(Cl)cc2)c(F)c1. The van der Waals surface area contributed by atoms with Crippen LogP contribution >= 0.6 is 11.6 Å². The monoisotopic (exact) mass is 560 g/mol. The van der Waals surface area contributed by atoms with E-state index in [0.717, 1.165) is 9.21 Å². The number of sulfonamides is 1. The van der Waals surface area contributed by atoms with Gasteiger partial charge in [0.05, 0.1) is 18.0 Å². The molecule has 4 rings (SSSR count). The number of nitrogens with zero attached hydrogens (tertiary/aromatic N) is 2. The predicted molar refractivity (Wildman–Crippen MR) is 125 cm³/mol. The Morgan fingerprint density at radius 1 is 1.16 bits per heavy atom. The number of methoxy groups -OCH3 is 1. The summed E-state index contributed by atoms with van der Waals surface area (Å²) in [7, 11) is -3.30. The summed E-state index contributed by atoms with van der Waals surface area (Å²) >= 11 is 5.79. The summed E-state index contributed by atoms with van der Waals surface area (Å²) in [5.74, 6) is -4.86. The fourth-order valence-electron chi connectivity index (χ4n) is 4.59. The topological polar surface area (TPSA) is 123 Å². The van der Waals surface area contributed by atoms with Crippen LogP contribution in [-0.4, -0.2) is 79.8 Å². The van der Waals surface area contributed by atoms with Gasteiger partial charge in [0.15, 0.2) is 22.9 Å². The van der Waals surface area contributed by atoms with E-state index in [0.29, 0.717) is 17.2 Å². The number of carboxylic acid groups (broad SMARTS) is 1. The highest BCUT2D eigenvalue weighted by Gasteiger charge is 2.62. The number of carbonyl (C=O) groups excluding carboxylic acids is 1. The molecule has 10 nitrogen and oxygen atoms in total.